The fraction of sp³-hybridized carbons (Fsp3) is 0.600. The first kappa shape index (κ1) is 18.7. The van der Waals surface area contributed by atoms with Crippen molar-refractivity contribution in [1.29, 1.82) is 0 Å². The third kappa shape index (κ3) is 5.08. The molecule has 0 aromatic carbocycles. The molecule has 0 saturated heterocycles. The standard InChI is InChI=1S/C15H24N4O4/c1-10(14(22)23)18(7-6-16-11(2)20)13(21)12-8-17-19(9-12)15(3,4)5/h8-10H,6-7H2,1-5H3,(H,16,20)(H,22,23). The smallest absolute Gasteiger partial charge is 0.326 e. The van der Waals surface area contributed by atoms with E-state index in [-0.39, 0.29) is 24.5 Å². The van der Waals surface area contributed by atoms with Gasteiger partial charge in [0.15, 0.2) is 0 Å². The molecule has 128 valence electrons. The number of hydrogen-bond donors (Lipinski definition) is 2. The highest BCUT2D eigenvalue weighted by Crippen LogP contribution is 2.15. The molecular weight excluding hydrogens is 300 g/mol. The molecule has 1 rings (SSSR count). The lowest BCUT2D eigenvalue weighted by Crippen LogP contribution is -2.46. The molecule has 2 amide bonds. The van der Waals surface area contributed by atoms with E-state index in [9.17, 15) is 19.5 Å². The summed E-state index contributed by atoms with van der Waals surface area (Å²) in [5.41, 5.74) is 0.0358. The molecule has 1 heterocycles. The van der Waals surface area contributed by atoms with E-state index in [2.05, 4.69) is 10.4 Å². The molecule has 0 aliphatic rings. The molecule has 0 radical (unpaired) electrons. The van der Waals surface area contributed by atoms with Gasteiger partial charge in [-0.1, -0.05) is 0 Å². The van der Waals surface area contributed by atoms with E-state index in [4.69, 9.17) is 0 Å². The molecule has 8 nitrogen and oxygen atoms in total. The van der Waals surface area contributed by atoms with Crippen LogP contribution in [0.15, 0.2) is 12.4 Å². The molecular formula is C15H24N4O4. The summed E-state index contributed by atoms with van der Waals surface area (Å²) >= 11 is 0. The van der Waals surface area contributed by atoms with Gasteiger partial charge in [0.1, 0.15) is 6.04 Å². The molecule has 1 aromatic rings. The van der Waals surface area contributed by atoms with E-state index < -0.39 is 17.9 Å². The van der Waals surface area contributed by atoms with Crippen LogP contribution in [0.5, 0.6) is 0 Å². The molecule has 0 spiro atoms. The Hall–Kier alpha value is -2.38. The second kappa shape index (κ2) is 7.26. The van der Waals surface area contributed by atoms with Crippen LogP contribution in [0.25, 0.3) is 0 Å². The predicted molar refractivity (Wildman–Crippen MR) is 84.0 cm³/mol. The summed E-state index contributed by atoms with van der Waals surface area (Å²) in [6.45, 7) is 8.93. The first-order valence-electron chi connectivity index (χ1n) is 7.37. The minimum absolute atomic E-state index is 0.104. The number of rotatable bonds is 6. The van der Waals surface area contributed by atoms with Crippen molar-refractivity contribution in [2.24, 2.45) is 0 Å². The molecule has 0 bridgehead atoms. The van der Waals surface area contributed by atoms with E-state index in [1.807, 2.05) is 20.8 Å². The zero-order valence-corrected chi connectivity index (χ0v) is 14.2. The fourth-order valence-corrected chi connectivity index (χ4v) is 1.92. The lowest BCUT2D eigenvalue weighted by Gasteiger charge is -2.26. The third-order valence-electron chi connectivity index (χ3n) is 3.33. The Labute approximate surface area is 135 Å². The van der Waals surface area contributed by atoms with Gasteiger partial charge in [0, 0.05) is 26.2 Å². The van der Waals surface area contributed by atoms with Crippen LogP contribution in [0, 0.1) is 0 Å². The number of carboxylic acid groups (broad SMARTS) is 1. The number of carbonyl (C=O) groups is 3. The van der Waals surface area contributed by atoms with Crippen LogP contribution in [0.1, 0.15) is 45.0 Å². The van der Waals surface area contributed by atoms with Crippen LogP contribution in [-0.4, -0.2) is 56.7 Å². The maximum atomic E-state index is 12.6. The van der Waals surface area contributed by atoms with Crippen molar-refractivity contribution in [3.8, 4) is 0 Å². The average molecular weight is 324 g/mol. The molecule has 0 saturated carbocycles. The zero-order chi connectivity index (χ0) is 17.8. The van der Waals surface area contributed by atoms with Gasteiger partial charge in [0.2, 0.25) is 5.91 Å². The van der Waals surface area contributed by atoms with Crippen LogP contribution in [-0.2, 0) is 15.1 Å². The van der Waals surface area contributed by atoms with Gasteiger partial charge in [0.25, 0.3) is 5.91 Å². The van der Waals surface area contributed by atoms with Crippen molar-refractivity contribution in [3.05, 3.63) is 18.0 Å². The van der Waals surface area contributed by atoms with E-state index in [0.717, 1.165) is 0 Å². The van der Waals surface area contributed by atoms with Crippen LogP contribution in [0.2, 0.25) is 0 Å². The third-order valence-corrected chi connectivity index (χ3v) is 3.33. The Morgan fingerprint density at radius 1 is 1.39 bits per heavy atom. The fourth-order valence-electron chi connectivity index (χ4n) is 1.92. The predicted octanol–water partition coefficient (Wildman–Crippen LogP) is 0.690. The highest BCUT2D eigenvalue weighted by molar-refractivity contribution is 5.96. The van der Waals surface area contributed by atoms with E-state index in [1.54, 1.807) is 10.9 Å². The summed E-state index contributed by atoms with van der Waals surface area (Å²) in [5, 5.41) is 15.9. The van der Waals surface area contributed by atoms with Gasteiger partial charge < -0.3 is 15.3 Å². The number of amides is 2. The highest BCUT2D eigenvalue weighted by atomic mass is 16.4. The summed E-state index contributed by atoms with van der Waals surface area (Å²) in [4.78, 5) is 36.0. The normalized spacial score (nSPS) is 12.6. The summed E-state index contributed by atoms with van der Waals surface area (Å²) in [6, 6.07) is -1.01. The summed E-state index contributed by atoms with van der Waals surface area (Å²) in [6.07, 6.45) is 3.02. The monoisotopic (exact) mass is 324 g/mol. The van der Waals surface area contributed by atoms with Crippen LogP contribution < -0.4 is 5.32 Å². The van der Waals surface area contributed by atoms with Crippen molar-refractivity contribution >= 4 is 17.8 Å². The van der Waals surface area contributed by atoms with Crippen molar-refractivity contribution in [2.75, 3.05) is 13.1 Å². The van der Waals surface area contributed by atoms with Crippen LogP contribution in [0.3, 0.4) is 0 Å². The van der Waals surface area contributed by atoms with E-state index >= 15 is 0 Å². The number of aromatic nitrogens is 2. The minimum atomic E-state index is -1.11. The molecule has 0 fully saturated rings. The van der Waals surface area contributed by atoms with E-state index in [0.29, 0.717) is 5.56 Å². The average Bonchev–Trinajstić information content (AvgIpc) is 2.91. The molecule has 23 heavy (non-hydrogen) atoms. The maximum Gasteiger partial charge on any atom is 0.326 e. The van der Waals surface area contributed by atoms with Crippen molar-refractivity contribution in [3.63, 3.8) is 0 Å². The molecule has 0 aliphatic carbocycles. The van der Waals surface area contributed by atoms with Gasteiger partial charge in [-0.3, -0.25) is 14.3 Å². The largest absolute Gasteiger partial charge is 0.480 e. The Kier molecular flexibility index (Phi) is 5.89. The Morgan fingerprint density at radius 2 is 2.00 bits per heavy atom. The van der Waals surface area contributed by atoms with E-state index in [1.165, 1.54) is 24.9 Å². The molecule has 8 heteroatoms. The van der Waals surface area contributed by atoms with Gasteiger partial charge in [-0.05, 0) is 27.7 Å². The minimum Gasteiger partial charge on any atom is -0.480 e. The lowest BCUT2D eigenvalue weighted by atomic mass is 10.1. The molecule has 0 aliphatic heterocycles. The molecule has 1 atom stereocenters. The first-order chi connectivity index (χ1) is 10.5. The molecule has 1 unspecified atom stereocenters. The Bertz CT molecular complexity index is 589. The van der Waals surface area contributed by atoms with Crippen molar-refractivity contribution in [1.82, 2.24) is 20.0 Å². The zero-order valence-electron chi connectivity index (χ0n) is 14.2. The topological polar surface area (TPSA) is 105 Å². The van der Waals surface area contributed by atoms with Crippen LogP contribution in [0.4, 0.5) is 0 Å². The maximum absolute atomic E-state index is 12.6. The lowest BCUT2D eigenvalue weighted by molar-refractivity contribution is -0.141. The second-order valence-corrected chi connectivity index (χ2v) is 6.34. The molecule has 1 aromatic heterocycles. The number of aliphatic carboxylic acids is 1. The number of nitrogens with zero attached hydrogens (tertiary/aromatic N) is 3. The number of carbonyl (C=O) groups excluding carboxylic acids is 2. The summed E-state index contributed by atoms with van der Waals surface area (Å²) in [7, 11) is 0. The van der Waals surface area contributed by atoms with Crippen molar-refractivity contribution in [2.45, 2.75) is 46.2 Å². The van der Waals surface area contributed by atoms with Gasteiger partial charge >= 0.3 is 5.97 Å². The Balaban J connectivity index is 2.96. The highest BCUT2D eigenvalue weighted by Gasteiger charge is 2.28. The van der Waals surface area contributed by atoms with Gasteiger partial charge in [-0.25, -0.2) is 4.79 Å². The van der Waals surface area contributed by atoms with Gasteiger partial charge in [0.05, 0.1) is 17.3 Å². The SMILES string of the molecule is CC(=O)NCCN(C(=O)c1cnn(C(C)(C)C)c1)C(C)C(=O)O. The Morgan fingerprint density at radius 3 is 2.43 bits per heavy atom. The van der Waals surface area contributed by atoms with Gasteiger partial charge in [-0.2, -0.15) is 5.10 Å². The summed E-state index contributed by atoms with van der Waals surface area (Å²) in [5.74, 6) is -1.77. The molecule has 2 N–H and O–H groups in total. The second-order valence-electron chi connectivity index (χ2n) is 6.34. The number of carboxylic acids is 1. The summed E-state index contributed by atoms with van der Waals surface area (Å²) < 4.78 is 1.65. The van der Waals surface area contributed by atoms with Crippen molar-refractivity contribution < 1.29 is 19.5 Å². The quantitative estimate of drug-likeness (QED) is 0.801. The first-order valence-corrected chi connectivity index (χ1v) is 7.37. The number of nitrogens with one attached hydrogen (secondary N) is 1. The number of hydrogen-bond acceptors (Lipinski definition) is 4. The van der Waals surface area contributed by atoms with Crippen LogP contribution >= 0.6 is 0 Å². The van der Waals surface area contributed by atoms with Gasteiger partial charge in [-0.15, -0.1) is 0 Å².